The number of rotatable bonds is 5. The van der Waals surface area contributed by atoms with Crippen LogP contribution in [0.4, 0.5) is 5.82 Å². The van der Waals surface area contributed by atoms with Crippen LogP contribution in [-0.2, 0) is 16.4 Å². The smallest absolute Gasteiger partial charge is 0.336 e. The summed E-state index contributed by atoms with van der Waals surface area (Å²) in [6, 6.07) is 4.00. The summed E-state index contributed by atoms with van der Waals surface area (Å²) in [6.45, 7) is 1.80. The number of aromatic nitrogens is 2. The molecular formula is C13H13N3O4S. The molecule has 2 rings (SSSR count). The third-order valence-corrected chi connectivity index (χ3v) is 4.16. The molecule has 0 saturated heterocycles. The van der Waals surface area contributed by atoms with E-state index in [1.54, 1.807) is 6.92 Å². The molecule has 7 nitrogen and oxygen atoms in total. The highest BCUT2D eigenvalue weighted by Gasteiger charge is 2.19. The quantitative estimate of drug-likeness (QED) is 0.867. The normalized spacial score (nSPS) is 11.1. The summed E-state index contributed by atoms with van der Waals surface area (Å²) in [7, 11) is -3.91. The summed E-state index contributed by atoms with van der Waals surface area (Å²) in [6.07, 6.45) is 4.52. The maximum Gasteiger partial charge on any atom is 0.336 e. The number of nitrogens with zero attached hydrogens (tertiary/aromatic N) is 2. The van der Waals surface area contributed by atoms with Crippen LogP contribution in [0.15, 0.2) is 41.7 Å². The van der Waals surface area contributed by atoms with Gasteiger partial charge in [0.25, 0.3) is 10.0 Å². The topological polar surface area (TPSA) is 109 Å². The van der Waals surface area contributed by atoms with Gasteiger partial charge in [-0.25, -0.2) is 18.2 Å². The Morgan fingerprint density at radius 3 is 2.67 bits per heavy atom. The Kier molecular flexibility index (Phi) is 4.18. The SMILES string of the molecule is CCc1ccc(S(=O)(=O)Nc2cnccn2)cc1C(=O)O. The average molecular weight is 307 g/mol. The lowest BCUT2D eigenvalue weighted by molar-refractivity contribution is 0.0695. The summed E-state index contributed by atoms with van der Waals surface area (Å²) >= 11 is 0. The van der Waals surface area contributed by atoms with Crippen LogP contribution in [0.2, 0.25) is 0 Å². The van der Waals surface area contributed by atoms with Gasteiger partial charge in [0.15, 0.2) is 5.82 Å². The predicted molar refractivity (Wildman–Crippen MR) is 75.6 cm³/mol. The largest absolute Gasteiger partial charge is 0.478 e. The van der Waals surface area contributed by atoms with Crippen molar-refractivity contribution < 1.29 is 18.3 Å². The molecule has 0 aliphatic heterocycles. The van der Waals surface area contributed by atoms with E-state index in [-0.39, 0.29) is 16.3 Å². The van der Waals surface area contributed by atoms with E-state index in [2.05, 4.69) is 14.7 Å². The second kappa shape index (κ2) is 5.88. The molecule has 0 radical (unpaired) electrons. The van der Waals surface area contributed by atoms with E-state index in [9.17, 15) is 13.2 Å². The number of sulfonamides is 1. The van der Waals surface area contributed by atoms with E-state index in [1.165, 1.54) is 30.7 Å². The highest BCUT2D eigenvalue weighted by Crippen LogP contribution is 2.19. The molecule has 0 aliphatic rings. The molecule has 2 N–H and O–H groups in total. The van der Waals surface area contributed by atoms with Crippen LogP contribution in [0.5, 0.6) is 0 Å². The summed E-state index contributed by atoms with van der Waals surface area (Å²) in [5.41, 5.74) is 0.542. The van der Waals surface area contributed by atoms with Crippen molar-refractivity contribution in [3.8, 4) is 0 Å². The van der Waals surface area contributed by atoms with Gasteiger partial charge in [-0.2, -0.15) is 0 Å². The van der Waals surface area contributed by atoms with Gasteiger partial charge in [-0.05, 0) is 24.1 Å². The standard InChI is InChI=1S/C13H13N3O4S/c1-2-9-3-4-10(7-11(9)13(17)18)21(19,20)16-12-8-14-5-6-15-12/h3-8H,2H2,1H3,(H,15,16)(H,17,18). The van der Waals surface area contributed by atoms with Crippen molar-refractivity contribution in [2.75, 3.05) is 4.72 Å². The maximum absolute atomic E-state index is 12.2. The molecule has 0 unspecified atom stereocenters. The first kappa shape index (κ1) is 14.9. The molecule has 0 aliphatic carbocycles. The van der Waals surface area contributed by atoms with Gasteiger partial charge in [0.2, 0.25) is 0 Å². The van der Waals surface area contributed by atoms with Crippen LogP contribution in [0.25, 0.3) is 0 Å². The molecule has 0 spiro atoms. The number of carboxylic acid groups (broad SMARTS) is 1. The van der Waals surface area contributed by atoms with Crippen molar-refractivity contribution in [2.24, 2.45) is 0 Å². The zero-order chi connectivity index (χ0) is 15.5. The molecule has 21 heavy (non-hydrogen) atoms. The van der Waals surface area contributed by atoms with Crippen molar-refractivity contribution in [3.63, 3.8) is 0 Å². The van der Waals surface area contributed by atoms with Crippen molar-refractivity contribution in [1.82, 2.24) is 9.97 Å². The fourth-order valence-corrected chi connectivity index (χ4v) is 2.80. The number of carboxylic acids is 1. The van der Waals surface area contributed by atoms with Gasteiger partial charge in [-0.15, -0.1) is 0 Å². The number of aryl methyl sites for hydroxylation is 1. The number of benzene rings is 1. The Balaban J connectivity index is 2.41. The molecule has 1 heterocycles. The molecule has 0 bridgehead atoms. The van der Waals surface area contributed by atoms with Gasteiger partial charge in [0.05, 0.1) is 16.7 Å². The summed E-state index contributed by atoms with van der Waals surface area (Å²) < 4.78 is 26.7. The van der Waals surface area contributed by atoms with E-state index in [0.29, 0.717) is 12.0 Å². The van der Waals surface area contributed by atoms with Gasteiger partial charge in [0.1, 0.15) is 0 Å². The Morgan fingerprint density at radius 2 is 2.10 bits per heavy atom. The highest BCUT2D eigenvalue weighted by atomic mass is 32.2. The van der Waals surface area contributed by atoms with Gasteiger partial charge >= 0.3 is 5.97 Å². The molecule has 1 aromatic heterocycles. The summed E-state index contributed by atoms with van der Waals surface area (Å²) in [4.78, 5) is 18.6. The molecule has 110 valence electrons. The first-order valence-corrected chi connectivity index (χ1v) is 7.57. The molecule has 1 aromatic carbocycles. The lowest BCUT2D eigenvalue weighted by Gasteiger charge is -2.09. The van der Waals surface area contributed by atoms with E-state index >= 15 is 0 Å². The molecule has 0 amide bonds. The lowest BCUT2D eigenvalue weighted by Crippen LogP contribution is -2.15. The van der Waals surface area contributed by atoms with Gasteiger partial charge in [-0.3, -0.25) is 9.71 Å². The Hall–Kier alpha value is -2.48. The third-order valence-electron chi connectivity index (χ3n) is 2.81. The molecule has 0 saturated carbocycles. The number of nitrogens with one attached hydrogen (secondary N) is 1. The zero-order valence-corrected chi connectivity index (χ0v) is 12.0. The van der Waals surface area contributed by atoms with Crippen molar-refractivity contribution in [2.45, 2.75) is 18.2 Å². The highest BCUT2D eigenvalue weighted by molar-refractivity contribution is 7.92. The third kappa shape index (κ3) is 3.34. The Labute approximate surface area is 121 Å². The first-order chi connectivity index (χ1) is 9.94. The fraction of sp³-hybridized carbons (Fsp3) is 0.154. The maximum atomic E-state index is 12.2. The molecule has 0 fully saturated rings. The number of anilines is 1. The number of hydrogen-bond donors (Lipinski definition) is 2. The second-order valence-electron chi connectivity index (χ2n) is 4.17. The van der Waals surface area contributed by atoms with E-state index in [4.69, 9.17) is 5.11 Å². The first-order valence-electron chi connectivity index (χ1n) is 6.09. The molecule has 0 atom stereocenters. The number of carbonyl (C=O) groups is 1. The van der Waals surface area contributed by atoms with Crippen LogP contribution in [0, 0.1) is 0 Å². The van der Waals surface area contributed by atoms with Crippen LogP contribution in [-0.4, -0.2) is 29.5 Å². The van der Waals surface area contributed by atoms with Gasteiger partial charge < -0.3 is 5.11 Å². The fourth-order valence-electron chi connectivity index (χ4n) is 1.78. The van der Waals surface area contributed by atoms with Crippen molar-refractivity contribution in [3.05, 3.63) is 47.9 Å². The average Bonchev–Trinajstić information content (AvgIpc) is 2.47. The zero-order valence-electron chi connectivity index (χ0n) is 11.1. The van der Waals surface area contributed by atoms with E-state index < -0.39 is 16.0 Å². The van der Waals surface area contributed by atoms with Gasteiger partial charge in [0, 0.05) is 12.4 Å². The Bertz CT molecular complexity index is 760. The lowest BCUT2D eigenvalue weighted by atomic mass is 10.1. The minimum Gasteiger partial charge on any atom is -0.478 e. The van der Waals surface area contributed by atoms with Crippen LogP contribution < -0.4 is 4.72 Å². The van der Waals surface area contributed by atoms with Crippen molar-refractivity contribution >= 4 is 21.8 Å². The monoisotopic (exact) mass is 307 g/mol. The Morgan fingerprint density at radius 1 is 1.33 bits per heavy atom. The summed E-state index contributed by atoms with van der Waals surface area (Å²) in [5.74, 6) is -1.10. The van der Waals surface area contributed by atoms with Gasteiger partial charge in [-0.1, -0.05) is 13.0 Å². The molecule has 2 aromatic rings. The molecular weight excluding hydrogens is 294 g/mol. The van der Waals surface area contributed by atoms with E-state index in [1.807, 2.05) is 0 Å². The van der Waals surface area contributed by atoms with Crippen molar-refractivity contribution in [1.29, 1.82) is 0 Å². The predicted octanol–water partition coefficient (Wildman–Crippen LogP) is 1.54. The second-order valence-corrected chi connectivity index (χ2v) is 5.86. The molecule has 8 heteroatoms. The van der Waals surface area contributed by atoms with Crippen LogP contribution >= 0.6 is 0 Å². The minimum atomic E-state index is -3.91. The van der Waals surface area contributed by atoms with Crippen LogP contribution in [0.1, 0.15) is 22.8 Å². The van der Waals surface area contributed by atoms with E-state index in [0.717, 1.165) is 6.07 Å². The summed E-state index contributed by atoms with van der Waals surface area (Å²) in [5, 5.41) is 9.14. The number of aromatic carboxylic acids is 1. The number of hydrogen-bond acceptors (Lipinski definition) is 5. The van der Waals surface area contributed by atoms with Crippen LogP contribution in [0.3, 0.4) is 0 Å². The minimum absolute atomic E-state index is 0.0282.